The number of benzene rings is 2. The average molecular weight is 491 g/mol. The summed E-state index contributed by atoms with van der Waals surface area (Å²) in [6.07, 6.45) is -4.56. The average Bonchev–Trinajstić information content (AvgIpc) is 3.40. The Morgan fingerprint density at radius 1 is 1.06 bits per heavy atom. The van der Waals surface area contributed by atoms with E-state index in [0.29, 0.717) is 16.6 Å². The number of esters is 2. The Hall–Kier alpha value is -4.31. The van der Waals surface area contributed by atoms with Gasteiger partial charge in [-0.15, -0.1) is 0 Å². The first kappa shape index (κ1) is 23.4. The fourth-order valence-corrected chi connectivity index (χ4v) is 4.10. The number of hydrogen-bond acceptors (Lipinski definition) is 7. The monoisotopic (exact) mass is 491 g/mol. The van der Waals surface area contributed by atoms with E-state index in [-0.39, 0.29) is 5.56 Å². The van der Waals surface area contributed by atoms with Crippen LogP contribution in [0, 0.1) is 6.92 Å². The number of alkyl halides is 1. The Morgan fingerprint density at radius 2 is 1.69 bits per heavy atom. The van der Waals surface area contributed by atoms with Crippen LogP contribution in [0.15, 0.2) is 77.7 Å². The first-order chi connectivity index (χ1) is 17.4. The van der Waals surface area contributed by atoms with Crippen LogP contribution < -0.4 is 5.69 Å². The maximum Gasteiger partial charge on any atom is 0.351 e. The topological polar surface area (TPSA) is 113 Å². The van der Waals surface area contributed by atoms with Gasteiger partial charge in [0, 0.05) is 17.3 Å². The molecule has 4 unspecified atom stereocenters. The van der Waals surface area contributed by atoms with Crippen LogP contribution in [0.1, 0.15) is 32.6 Å². The summed E-state index contributed by atoms with van der Waals surface area (Å²) in [6, 6.07) is 18.1. The molecule has 0 aliphatic carbocycles. The second-order valence-electron chi connectivity index (χ2n) is 8.40. The number of aromatic nitrogens is 3. The van der Waals surface area contributed by atoms with Gasteiger partial charge in [-0.25, -0.2) is 18.8 Å². The number of carbonyl (C=O) groups is 2. The molecule has 1 saturated heterocycles. The predicted octanol–water partition coefficient (Wildman–Crippen LogP) is 3.35. The number of aryl methyl sites for hydroxylation is 1. The highest BCUT2D eigenvalue weighted by Crippen LogP contribution is 2.34. The molecule has 5 rings (SSSR count). The van der Waals surface area contributed by atoms with Gasteiger partial charge in [0.25, 0.3) is 0 Å². The Balaban J connectivity index is 1.42. The van der Waals surface area contributed by atoms with Crippen molar-refractivity contribution in [1.29, 1.82) is 0 Å². The van der Waals surface area contributed by atoms with Crippen LogP contribution in [0.5, 0.6) is 0 Å². The number of nitrogens with one attached hydrogen (secondary N) is 1. The van der Waals surface area contributed by atoms with Crippen LogP contribution in [-0.2, 0) is 14.2 Å². The summed E-state index contributed by atoms with van der Waals surface area (Å²) in [5.41, 5.74) is 0.917. The summed E-state index contributed by atoms with van der Waals surface area (Å²) >= 11 is 0. The molecule has 36 heavy (non-hydrogen) atoms. The quantitative estimate of drug-likeness (QED) is 0.412. The van der Waals surface area contributed by atoms with E-state index < -0.39 is 48.8 Å². The largest absolute Gasteiger partial charge is 0.459 e. The van der Waals surface area contributed by atoms with Gasteiger partial charge >= 0.3 is 17.6 Å². The van der Waals surface area contributed by atoms with E-state index >= 15 is 4.39 Å². The lowest BCUT2D eigenvalue weighted by Gasteiger charge is -2.19. The van der Waals surface area contributed by atoms with E-state index in [9.17, 15) is 14.4 Å². The van der Waals surface area contributed by atoms with Crippen molar-refractivity contribution in [2.75, 3.05) is 6.61 Å². The van der Waals surface area contributed by atoms with Crippen LogP contribution >= 0.6 is 0 Å². The highest BCUT2D eigenvalue weighted by molar-refractivity contribution is 5.90. The van der Waals surface area contributed by atoms with Crippen LogP contribution in [0.4, 0.5) is 4.39 Å². The molecule has 10 heteroatoms. The van der Waals surface area contributed by atoms with E-state index in [0.717, 1.165) is 10.3 Å². The number of carbonyl (C=O) groups excluding carboxylic acids is 2. The van der Waals surface area contributed by atoms with Gasteiger partial charge < -0.3 is 19.2 Å². The molecule has 184 valence electrons. The molecule has 1 aliphatic rings. The number of nitrogens with zero attached hydrogens (tertiary/aromatic N) is 2. The second-order valence-corrected chi connectivity index (χ2v) is 8.40. The van der Waals surface area contributed by atoms with Gasteiger partial charge in [-0.3, -0.25) is 4.57 Å². The standard InChI is InChI=1S/C26H22FN3O6/c1-15-12-18-13-30(26(33)29-22(18)28-15)23-20(27)21(36-25(32)17-10-6-3-7-11-17)19(35-23)14-34-24(31)16-8-4-2-5-9-16/h2-13,19-21,23H,14H2,1H3,(H,28,29,33). The number of aromatic amines is 1. The molecule has 4 atom stereocenters. The Bertz CT molecular complexity index is 1450. The highest BCUT2D eigenvalue weighted by atomic mass is 19.1. The maximum atomic E-state index is 15.8. The molecular weight excluding hydrogens is 469 g/mol. The van der Waals surface area contributed by atoms with Crippen LogP contribution in [-0.4, -0.2) is 51.5 Å². The lowest BCUT2D eigenvalue weighted by Crippen LogP contribution is -2.37. The summed E-state index contributed by atoms with van der Waals surface area (Å²) in [6.45, 7) is 1.40. The smallest absolute Gasteiger partial charge is 0.351 e. The number of rotatable bonds is 6. The summed E-state index contributed by atoms with van der Waals surface area (Å²) in [7, 11) is 0. The lowest BCUT2D eigenvalue weighted by atomic mass is 10.1. The van der Waals surface area contributed by atoms with E-state index in [2.05, 4.69) is 9.97 Å². The Labute approximate surface area is 204 Å². The van der Waals surface area contributed by atoms with Gasteiger partial charge in [-0.1, -0.05) is 36.4 Å². The minimum Gasteiger partial charge on any atom is -0.459 e. The third kappa shape index (κ3) is 4.63. The highest BCUT2D eigenvalue weighted by Gasteiger charge is 2.49. The molecule has 0 saturated carbocycles. The van der Waals surface area contributed by atoms with Crippen LogP contribution in [0.25, 0.3) is 11.0 Å². The molecule has 0 amide bonds. The molecular formula is C26H22FN3O6. The second kappa shape index (κ2) is 9.74. The summed E-state index contributed by atoms with van der Waals surface area (Å²) in [5, 5.41) is 0.583. The van der Waals surface area contributed by atoms with Gasteiger partial charge in [-0.2, -0.15) is 4.98 Å². The van der Waals surface area contributed by atoms with Gasteiger partial charge in [-0.05, 0) is 37.3 Å². The minimum absolute atomic E-state index is 0.219. The van der Waals surface area contributed by atoms with Crippen molar-refractivity contribution in [2.45, 2.75) is 31.5 Å². The number of H-pyrrole nitrogens is 1. The molecule has 1 N–H and O–H groups in total. The molecule has 3 heterocycles. The van der Waals surface area contributed by atoms with Crippen molar-refractivity contribution >= 4 is 23.0 Å². The summed E-state index contributed by atoms with van der Waals surface area (Å²) < 4.78 is 33.4. The first-order valence-corrected chi connectivity index (χ1v) is 11.3. The zero-order chi connectivity index (χ0) is 25.2. The van der Waals surface area contributed by atoms with Crippen LogP contribution in [0.3, 0.4) is 0 Å². The van der Waals surface area contributed by atoms with Gasteiger partial charge in [0.1, 0.15) is 18.4 Å². The third-order valence-electron chi connectivity index (χ3n) is 5.85. The fraction of sp³-hybridized carbons (Fsp3) is 0.231. The van der Waals surface area contributed by atoms with Crippen molar-refractivity contribution in [2.24, 2.45) is 0 Å². The van der Waals surface area contributed by atoms with E-state index in [4.69, 9.17) is 14.2 Å². The molecule has 0 bridgehead atoms. The van der Waals surface area contributed by atoms with Crippen LogP contribution in [0.2, 0.25) is 0 Å². The van der Waals surface area contributed by atoms with Crippen molar-refractivity contribution in [3.63, 3.8) is 0 Å². The molecule has 9 nitrogen and oxygen atoms in total. The minimum atomic E-state index is -1.94. The van der Waals surface area contributed by atoms with E-state index in [1.807, 2.05) is 0 Å². The predicted molar refractivity (Wildman–Crippen MR) is 126 cm³/mol. The summed E-state index contributed by atoms with van der Waals surface area (Å²) in [4.78, 5) is 44.7. The van der Waals surface area contributed by atoms with Gasteiger partial charge in [0.05, 0.1) is 11.1 Å². The van der Waals surface area contributed by atoms with Gasteiger partial charge in [0.15, 0.2) is 18.5 Å². The molecule has 1 fully saturated rings. The molecule has 2 aromatic heterocycles. The zero-order valence-electron chi connectivity index (χ0n) is 19.2. The van der Waals surface area contributed by atoms with Crippen molar-refractivity contribution in [3.05, 3.63) is 100 Å². The third-order valence-corrected chi connectivity index (χ3v) is 5.85. The fourth-order valence-electron chi connectivity index (χ4n) is 4.10. The Kier molecular flexibility index (Phi) is 6.34. The molecule has 0 spiro atoms. The number of fused-ring (bicyclic) bond motifs is 1. The number of ether oxygens (including phenoxy) is 3. The van der Waals surface area contributed by atoms with E-state index in [1.165, 1.54) is 18.3 Å². The lowest BCUT2D eigenvalue weighted by molar-refractivity contribution is -0.0590. The normalized spacial score (nSPS) is 21.4. The number of halogens is 1. The van der Waals surface area contributed by atoms with E-state index in [1.54, 1.807) is 61.5 Å². The molecule has 2 aromatic carbocycles. The maximum absolute atomic E-state index is 15.8. The Morgan fingerprint density at radius 3 is 2.36 bits per heavy atom. The summed E-state index contributed by atoms with van der Waals surface area (Å²) in [5.74, 6) is -1.41. The van der Waals surface area contributed by atoms with Crippen molar-refractivity contribution in [3.8, 4) is 0 Å². The SMILES string of the molecule is Cc1cc2cn(C3OC(COC(=O)c4ccccc4)C(OC(=O)c4ccccc4)C3F)c(=O)nc2[nH]1. The first-order valence-electron chi connectivity index (χ1n) is 11.3. The number of hydrogen-bond donors (Lipinski definition) is 1. The molecule has 1 aliphatic heterocycles. The molecule has 0 radical (unpaired) electrons. The van der Waals surface area contributed by atoms with Crippen molar-refractivity contribution < 1.29 is 28.2 Å². The van der Waals surface area contributed by atoms with Crippen molar-refractivity contribution in [1.82, 2.24) is 14.5 Å². The van der Waals surface area contributed by atoms with Gasteiger partial charge in [0.2, 0.25) is 0 Å². The molecule has 4 aromatic rings. The zero-order valence-corrected chi connectivity index (χ0v) is 19.2.